The Balaban J connectivity index is 2.12. The predicted octanol–water partition coefficient (Wildman–Crippen LogP) is 2.25. The molecule has 1 heterocycles. The summed E-state index contributed by atoms with van der Waals surface area (Å²) >= 11 is 0. The second kappa shape index (κ2) is 6.54. The molecule has 5 heteroatoms. The van der Waals surface area contributed by atoms with Gasteiger partial charge in [0.2, 0.25) is 0 Å². The Hall–Kier alpha value is -2.14. The van der Waals surface area contributed by atoms with Crippen LogP contribution in [0, 0.1) is 13.8 Å². The lowest BCUT2D eigenvalue weighted by atomic mass is 10.2. The highest BCUT2D eigenvalue weighted by Gasteiger charge is 2.10. The zero-order valence-electron chi connectivity index (χ0n) is 12.9. The first-order valence-electron chi connectivity index (χ1n) is 6.94. The van der Waals surface area contributed by atoms with Crippen molar-refractivity contribution in [3.05, 3.63) is 47.3 Å². The Labute approximate surface area is 124 Å². The van der Waals surface area contributed by atoms with E-state index < -0.39 is 0 Å². The molecule has 21 heavy (non-hydrogen) atoms. The molecule has 0 aliphatic heterocycles. The van der Waals surface area contributed by atoms with Gasteiger partial charge in [-0.3, -0.25) is 4.79 Å². The minimum Gasteiger partial charge on any atom is -0.383 e. The largest absolute Gasteiger partial charge is 0.383 e. The van der Waals surface area contributed by atoms with Crippen LogP contribution in [-0.2, 0) is 4.74 Å². The number of hydrogen-bond donors (Lipinski definition) is 1. The first kappa shape index (κ1) is 15.3. The van der Waals surface area contributed by atoms with Crippen LogP contribution in [0.3, 0.4) is 0 Å². The molecular weight excluding hydrogens is 266 g/mol. The lowest BCUT2D eigenvalue weighted by Crippen LogP contribution is -2.35. The number of nitrogens with zero attached hydrogens (tertiary/aromatic N) is 2. The Morgan fingerprint density at radius 1 is 1.33 bits per heavy atom. The van der Waals surface area contributed by atoms with Crippen LogP contribution in [0.1, 0.15) is 28.7 Å². The molecule has 0 aliphatic rings. The van der Waals surface area contributed by atoms with E-state index in [1.165, 1.54) is 0 Å². The predicted molar refractivity (Wildman–Crippen MR) is 81.8 cm³/mol. The molecule has 1 unspecified atom stereocenters. The standard InChI is InChI=1S/C16H21N3O2/c1-11-9-13(3)19(18-11)15-7-5-14(6-8-15)16(20)17-12(2)10-21-4/h5-9,12H,10H2,1-4H3,(H,17,20). The summed E-state index contributed by atoms with van der Waals surface area (Å²) in [7, 11) is 1.62. The average molecular weight is 287 g/mol. The van der Waals surface area contributed by atoms with Gasteiger partial charge in [0.25, 0.3) is 5.91 Å². The van der Waals surface area contributed by atoms with E-state index in [9.17, 15) is 4.79 Å². The number of methoxy groups -OCH3 is 1. The minimum absolute atomic E-state index is 0.0156. The molecule has 0 radical (unpaired) electrons. The monoisotopic (exact) mass is 287 g/mol. The molecule has 0 aliphatic carbocycles. The number of aryl methyl sites for hydroxylation is 2. The molecule has 1 amide bonds. The van der Waals surface area contributed by atoms with E-state index >= 15 is 0 Å². The van der Waals surface area contributed by atoms with Crippen molar-refractivity contribution in [2.75, 3.05) is 13.7 Å². The molecule has 1 N–H and O–H groups in total. The lowest BCUT2D eigenvalue weighted by molar-refractivity contribution is 0.0905. The Kier molecular flexibility index (Phi) is 4.75. The van der Waals surface area contributed by atoms with E-state index in [4.69, 9.17) is 4.74 Å². The second-order valence-electron chi connectivity index (χ2n) is 5.22. The van der Waals surface area contributed by atoms with Gasteiger partial charge in [-0.2, -0.15) is 5.10 Å². The zero-order chi connectivity index (χ0) is 15.4. The zero-order valence-corrected chi connectivity index (χ0v) is 12.9. The van der Waals surface area contributed by atoms with E-state index in [1.807, 2.05) is 43.7 Å². The number of amides is 1. The summed E-state index contributed by atoms with van der Waals surface area (Å²) in [4.78, 5) is 12.1. The van der Waals surface area contributed by atoms with Gasteiger partial charge in [0.05, 0.1) is 18.0 Å². The van der Waals surface area contributed by atoms with Crippen molar-refractivity contribution < 1.29 is 9.53 Å². The summed E-state index contributed by atoms with van der Waals surface area (Å²) in [5.41, 5.74) is 3.62. The van der Waals surface area contributed by atoms with Crippen LogP contribution >= 0.6 is 0 Å². The summed E-state index contributed by atoms with van der Waals surface area (Å²) < 4.78 is 6.87. The van der Waals surface area contributed by atoms with E-state index in [0.29, 0.717) is 12.2 Å². The summed E-state index contributed by atoms with van der Waals surface area (Å²) in [5.74, 6) is -0.0977. The number of aromatic nitrogens is 2. The van der Waals surface area contributed by atoms with Gasteiger partial charge in [-0.15, -0.1) is 0 Å². The van der Waals surface area contributed by atoms with Gasteiger partial charge in [-0.05, 0) is 51.1 Å². The van der Waals surface area contributed by atoms with Crippen LogP contribution in [0.25, 0.3) is 5.69 Å². The van der Waals surface area contributed by atoms with Crippen molar-refractivity contribution >= 4 is 5.91 Å². The van der Waals surface area contributed by atoms with Gasteiger partial charge in [-0.1, -0.05) is 0 Å². The maximum atomic E-state index is 12.1. The van der Waals surface area contributed by atoms with Crippen LogP contribution < -0.4 is 5.32 Å². The molecule has 2 aromatic rings. The molecule has 112 valence electrons. The Morgan fingerprint density at radius 3 is 2.52 bits per heavy atom. The number of benzene rings is 1. The van der Waals surface area contributed by atoms with Gasteiger partial charge >= 0.3 is 0 Å². The number of nitrogens with one attached hydrogen (secondary N) is 1. The van der Waals surface area contributed by atoms with E-state index in [1.54, 1.807) is 19.2 Å². The van der Waals surface area contributed by atoms with Crippen molar-refractivity contribution in [2.45, 2.75) is 26.8 Å². The third kappa shape index (κ3) is 3.70. The third-order valence-electron chi connectivity index (χ3n) is 3.18. The third-order valence-corrected chi connectivity index (χ3v) is 3.18. The normalized spacial score (nSPS) is 12.2. The molecule has 0 fully saturated rings. The molecule has 1 aromatic heterocycles. The van der Waals surface area contributed by atoms with Crippen molar-refractivity contribution in [3.8, 4) is 5.69 Å². The van der Waals surface area contributed by atoms with Gasteiger partial charge in [-0.25, -0.2) is 4.68 Å². The number of ether oxygens (including phenoxy) is 1. The lowest BCUT2D eigenvalue weighted by Gasteiger charge is -2.13. The highest BCUT2D eigenvalue weighted by Crippen LogP contribution is 2.13. The van der Waals surface area contributed by atoms with E-state index in [2.05, 4.69) is 10.4 Å². The van der Waals surface area contributed by atoms with E-state index in [-0.39, 0.29) is 11.9 Å². The van der Waals surface area contributed by atoms with Crippen molar-refractivity contribution in [1.82, 2.24) is 15.1 Å². The first-order valence-corrected chi connectivity index (χ1v) is 6.94. The number of rotatable bonds is 5. The first-order chi connectivity index (χ1) is 10.0. The average Bonchev–Trinajstić information content (AvgIpc) is 2.78. The summed E-state index contributed by atoms with van der Waals surface area (Å²) in [6.45, 7) is 6.37. The topological polar surface area (TPSA) is 56.1 Å². The van der Waals surface area contributed by atoms with Gasteiger partial charge in [0.15, 0.2) is 0 Å². The van der Waals surface area contributed by atoms with Crippen LogP contribution in [-0.4, -0.2) is 35.4 Å². The maximum absolute atomic E-state index is 12.1. The Bertz CT molecular complexity index is 617. The highest BCUT2D eigenvalue weighted by atomic mass is 16.5. The van der Waals surface area contributed by atoms with Gasteiger partial charge in [0, 0.05) is 24.4 Å². The van der Waals surface area contributed by atoms with Crippen molar-refractivity contribution in [2.24, 2.45) is 0 Å². The summed E-state index contributed by atoms with van der Waals surface area (Å²) in [5, 5.41) is 7.31. The van der Waals surface area contributed by atoms with Gasteiger partial charge < -0.3 is 10.1 Å². The molecule has 0 saturated heterocycles. The molecular formula is C16H21N3O2. The molecule has 1 aromatic carbocycles. The maximum Gasteiger partial charge on any atom is 0.251 e. The van der Waals surface area contributed by atoms with Gasteiger partial charge in [0.1, 0.15) is 0 Å². The minimum atomic E-state index is -0.0977. The number of carbonyl (C=O) groups is 1. The molecule has 0 saturated carbocycles. The van der Waals surface area contributed by atoms with Crippen LogP contribution in [0.2, 0.25) is 0 Å². The SMILES string of the molecule is COCC(C)NC(=O)c1ccc(-n2nc(C)cc2C)cc1. The van der Waals surface area contributed by atoms with Crippen LogP contribution in [0.4, 0.5) is 0 Å². The van der Waals surface area contributed by atoms with Crippen molar-refractivity contribution in [3.63, 3.8) is 0 Å². The summed E-state index contributed by atoms with van der Waals surface area (Å²) in [6.07, 6.45) is 0. The van der Waals surface area contributed by atoms with Crippen LogP contribution in [0.5, 0.6) is 0 Å². The van der Waals surface area contributed by atoms with E-state index in [0.717, 1.165) is 17.1 Å². The Morgan fingerprint density at radius 2 is 2.00 bits per heavy atom. The molecule has 5 nitrogen and oxygen atoms in total. The molecule has 0 bridgehead atoms. The number of hydrogen-bond acceptors (Lipinski definition) is 3. The fourth-order valence-corrected chi connectivity index (χ4v) is 2.24. The highest BCUT2D eigenvalue weighted by molar-refractivity contribution is 5.94. The van der Waals surface area contributed by atoms with Crippen LogP contribution in [0.15, 0.2) is 30.3 Å². The second-order valence-corrected chi connectivity index (χ2v) is 5.22. The molecule has 1 atom stereocenters. The molecule has 0 spiro atoms. The smallest absolute Gasteiger partial charge is 0.251 e. The quantitative estimate of drug-likeness (QED) is 0.917. The summed E-state index contributed by atoms with van der Waals surface area (Å²) in [6, 6.07) is 9.41. The molecule has 2 rings (SSSR count). The van der Waals surface area contributed by atoms with Crippen molar-refractivity contribution in [1.29, 1.82) is 0 Å². The fraction of sp³-hybridized carbons (Fsp3) is 0.375. The number of carbonyl (C=O) groups excluding carboxylic acids is 1. The fourth-order valence-electron chi connectivity index (χ4n) is 2.24.